The van der Waals surface area contributed by atoms with Gasteiger partial charge in [-0.2, -0.15) is 0 Å². The molecule has 1 N–H and O–H groups in total. The topological polar surface area (TPSA) is 64.0 Å². The molecule has 0 spiro atoms. The molecule has 0 saturated carbocycles. The molecule has 0 radical (unpaired) electrons. The predicted molar refractivity (Wildman–Crippen MR) is 108 cm³/mol. The number of carbonyl (C=O) groups excluding carboxylic acids is 1. The van der Waals surface area contributed by atoms with Crippen LogP contribution in [0.3, 0.4) is 0 Å². The molecular weight excluding hydrogens is 433 g/mol. The third-order valence-electron chi connectivity index (χ3n) is 3.93. The molecule has 0 saturated heterocycles. The zero-order chi connectivity index (χ0) is 19.4. The first-order chi connectivity index (χ1) is 13.0. The van der Waals surface area contributed by atoms with Gasteiger partial charge in [-0.05, 0) is 42.8 Å². The normalized spacial score (nSPS) is 10.9. The molecule has 1 amide bonds. The molecule has 0 aliphatic rings. The second-order valence-corrected chi connectivity index (χ2v) is 7.66. The van der Waals surface area contributed by atoms with Gasteiger partial charge in [-0.25, -0.2) is 9.37 Å². The highest BCUT2D eigenvalue weighted by molar-refractivity contribution is 9.10. The molecule has 0 aliphatic heterocycles. The van der Waals surface area contributed by atoms with Gasteiger partial charge in [0, 0.05) is 17.6 Å². The van der Waals surface area contributed by atoms with Crippen LogP contribution in [-0.2, 0) is 17.9 Å². The molecule has 27 heavy (non-hydrogen) atoms. The number of benzene rings is 2. The Bertz CT molecular complexity index is 1040. The van der Waals surface area contributed by atoms with Crippen molar-refractivity contribution in [3.8, 4) is 0 Å². The number of hydrogen-bond donors (Lipinski definition) is 1. The van der Waals surface area contributed by atoms with Gasteiger partial charge in [0.25, 0.3) is 5.56 Å². The smallest absolute Gasteiger partial charge is 0.262 e. The summed E-state index contributed by atoms with van der Waals surface area (Å²) >= 11 is 4.59. The summed E-state index contributed by atoms with van der Waals surface area (Å²) in [7, 11) is 0. The van der Waals surface area contributed by atoms with Crippen molar-refractivity contribution < 1.29 is 9.18 Å². The van der Waals surface area contributed by atoms with E-state index >= 15 is 0 Å². The van der Waals surface area contributed by atoms with Gasteiger partial charge in [-0.3, -0.25) is 14.2 Å². The van der Waals surface area contributed by atoms with Crippen molar-refractivity contribution in [2.24, 2.45) is 0 Å². The van der Waals surface area contributed by atoms with Crippen LogP contribution in [0.5, 0.6) is 0 Å². The first-order valence-corrected chi connectivity index (χ1v) is 10.1. The van der Waals surface area contributed by atoms with Crippen LogP contribution in [0.1, 0.15) is 12.5 Å². The van der Waals surface area contributed by atoms with Crippen LogP contribution >= 0.6 is 27.7 Å². The lowest BCUT2D eigenvalue weighted by Gasteiger charge is -2.11. The van der Waals surface area contributed by atoms with E-state index in [2.05, 4.69) is 26.2 Å². The number of nitrogens with zero attached hydrogens (tertiary/aromatic N) is 2. The molecule has 8 heteroatoms. The number of carbonyl (C=O) groups is 1. The Morgan fingerprint density at radius 3 is 2.70 bits per heavy atom. The number of rotatable bonds is 6. The van der Waals surface area contributed by atoms with Gasteiger partial charge in [0.15, 0.2) is 5.16 Å². The molecule has 3 rings (SSSR count). The van der Waals surface area contributed by atoms with E-state index in [0.717, 1.165) is 10.0 Å². The highest BCUT2D eigenvalue weighted by Gasteiger charge is 2.12. The van der Waals surface area contributed by atoms with Gasteiger partial charge >= 0.3 is 0 Å². The van der Waals surface area contributed by atoms with Crippen LogP contribution in [0.2, 0.25) is 0 Å². The number of hydrogen-bond acceptors (Lipinski definition) is 4. The minimum Gasteiger partial charge on any atom is -0.351 e. The zero-order valence-corrected chi connectivity index (χ0v) is 16.9. The molecule has 0 aliphatic carbocycles. The number of thioether (sulfide) groups is 1. The number of fused-ring (bicyclic) bond motifs is 1. The van der Waals surface area contributed by atoms with Gasteiger partial charge in [0.05, 0.1) is 16.7 Å². The number of aromatic nitrogens is 2. The molecule has 1 aromatic heterocycles. The highest BCUT2D eigenvalue weighted by atomic mass is 79.9. The molecule has 0 fully saturated rings. The van der Waals surface area contributed by atoms with Crippen LogP contribution in [0, 0.1) is 5.82 Å². The Kier molecular flexibility index (Phi) is 6.28. The Hall–Kier alpha value is -2.19. The monoisotopic (exact) mass is 449 g/mol. The van der Waals surface area contributed by atoms with Gasteiger partial charge in [0.2, 0.25) is 5.91 Å². The molecule has 0 unspecified atom stereocenters. The second-order valence-electron chi connectivity index (χ2n) is 5.80. The van der Waals surface area contributed by atoms with E-state index in [9.17, 15) is 14.0 Å². The van der Waals surface area contributed by atoms with Crippen molar-refractivity contribution in [1.82, 2.24) is 14.9 Å². The Morgan fingerprint density at radius 2 is 2.00 bits per heavy atom. The maximum absolute atomic E-state index is 12.9. The fourth-order valence-electron chi connectivity index (χ4n) is 2.55. The molecule has 140 valence electrons. The van der Waals surface area contributed by atoms with E-state index in [-0.39, 0.29) is 23.0 Å². The van der Waals surface area contributed by atoms with Gasteiger partial charge < -0.3 is 5.32 Å². The molecular formula is C19H17BrFN3O2S. The van der Waals surface area contributed by atoms with E-state index in [4.69, 9.17) is 0 Å². The summed E-state index contributed by atoms with van der Waals surface area (Å²) in [6.07, 6.45) is 0. The fourth-order valence-corrected chi connectivity index (χ4v) is 3.80. The summed E-state index contributed by atoms with van der Waals surface area (Å²) in [4.78, 5) is 29.3. The van der Waals surface area contributed by atoms with Crippen molar-refractivity contribution in [2.45, 2.75) is 25.2 Å². The minimum atomic E-state index is -0.312. The van der Waals surface area contributed by atoms with Crippen LogP contribution in [0.15, 0.2) is 56.9 Å². The van der Waals surface area contributed by atoms with Crippen LogP contribution in [-0.4, -0.2) is 21.2 Å². The summed E-state index contributed by atoms with van der Waals surface area (Å²) in [6.45, 7) is 2.65. The number of nitrogens with one attached hydrogen (secondary N) is 1. The van der Waals surface area contributed by atoms with Crippen LogP contribution in [0.4, 0.5) is 4.39 Å². The molecule has 0 atom stereocenters. The molecule has 5 nitrogen and oxygen atoms in total. The Morgan fingerprint density at radius 1 is 1.26 bits per heavy atom. The average molecular weight is 450 g/mol. The van der Waals surface area contributed by atoms with E-state index in [1.807, 2.05) is 13.0 Å². The SMILES string of the molecule is CCn1c(SCC(=O)NCc2ccc(F)cc2)nc2ccc(Br)cc2c1=O. The highest BCUT2D eigenvalue weighted by Crippen LogP contribution is 2.20. The third-order valence-corrected chi connectivity index (χ3v) is 5.40. The van der Waals surface area contributed by atoms with E-state index in [0.29, 0.717) is 29.1 Å². The standard InChI is InChI=1S/C19H17BrFN3O2S/c1-2-24-18(26)15-9-13(20)5-8-16(15)23-19(24)27-11-17(25)22-10-12-3-6-14(21)7-4-12/h3-9H,2,10-11H2,1H3,(H,22,25). The quantitative estimate of drug-likeness (QED) is 0.459. The molecule has 3 aromatic rings. The van der Waals surface area contributed by atoms with E-state index in [1.165, 1.54) is 23.9 Å². The summed E-state index contributed by atoms with van der Waals surface area (Å²) in [6, 6.07) is 11.3. The van der Waals surface area contributed by atoms with Crippen LogP contribution in [0.25, 0.3) is 10.9 Å². The van der Waals surface area contributed by atoms with Crippen molar-refractivity contribution >= 4 is 44.5 Å². The van der Waals surface area contributed by atoms with Gasteiger partial charge in [0.1, 0.15) is 5.82 Å². The lowest BCUT2D eigenvalue weighted by Crippen LogP contribution is -2.26. The van der Waals surface area contributed by atoms with Gasteiger partial charge in [-0.1, -0.05) is 39.8 Å². The van der Waals surface area contributed by atoms with Crippen molar-refractivity contribution in [1.29, 1.82) is 0 Å². The molecule has 1 heterocycles. The lowest BCUT2D eigenvalue weighted by atomic mass is 10.2. The van der Waals surface area contributed by atoms with E-state index < -0.39 is 0 Å². The fraction of sp³-hybridized carbons (Fsp3) is 0.211. The third kappa shape index (κ3) is 4.75. The summed E-state index contributed by atoms with van der Waals surface area (Å²) in [5.41, 5.74) is 1.29. The first kappa shape index (κ1) is 19.6. The van der Waals surface area contributed by atoms with Gasteiger partial charge in [-0.15, -0.1) is 0 Å². The minimum absolute atomic E-state index is 0.127. The van der Waals surface area contributed by atoms with Crippen molar-refractivity contribution in [2.75, 3.05) is 5.75 Å². The molecule has 0 bridgehead atoms. The second kappa shape index (κ2) is 8.67. The average Bonchev–Trinajstić information content (AvgIpc) is 2.66. The number of halogens is 2. The van der Waals surface area contributed by atoms with E-state index in [1.54, 1.807) is 28.8 Å². The summed E-state index contributed by atoms with van der Waals surface area (Å²) in [5.74, 6) is -0.361. The summed E-state index contributed by atoms with van der Waals surface area (Å²) < 4.78 is 15.3. The number of amides is 1. The summed E-state index contributed by atoms with van der Waals surface area (Å²) in [5, 5.41) is 3.83. The Labute approximate surface area is 168 Å². The van der Waals surface area contributed by atoms with Crippen LogP contribution < -0.4 is 10.9 Å². The predicted octanol–water partition coefficient (Wildman–Crippen LogP) is 3.73. The lowest BCUT2D eigenvalue weighted by molar-refractivity contribution is -0.118. The van der Waals surface area contributed by atoms with Crippen molar-refractivity contribution in [3.63, 3.8) is 0 Å². The first-order valence-electron chi connectivity index (χ1n) is 8.32. The van der Waals surface area contributed by atoms with Crippen molar-refractivity contribution in [3.05, 3.63) is 68.7 Å². The maximum atomic E-state index is 12.9. The Balaban J connectivity index is 1.70. The maximum Gasteiger partial charge on any atom is 0.262 e. The molecule has 2 aromatic carbocycles. The zero-order valence-electron chi connectivity index (χ0n) is 14.5. The largest absolute Gasteiger partial charge is 0.351 e.